The SMILES string of the molecule is Cc1cc(C(C)(C)C)ccc1-c1nc(Br)[nH]c1CCN. The van der Waals surface area contributed by atoms with E-state index in [-0.39, 0.29) is 5.41 Å². The minimum absolute atomic E-state index is 0.162. The molecular weight excluding hydrogens is 314 g/mol. The highest BCUT2D eigenvalue weighted by atomic mass is 79.9. The fraction of sp³-hybridized carbons (Fsp3) is 0.438. The van der Waals surface area contributed by atoms with Crippen molar-refractivity contribution in [3.8, 4) is 11.3 Å². The zero-order chi connectivity index (χ0) is 14.9. The van der Waals surface area contributed by atoms with Crippen LogP contribution >= 0.6 is 15.9 Å². The number of imidazole rings is 1. The van der Waals surface area contributed by atoms with Gasteiger partial charge in [0.25, 0.3) is 0 Å². The number of halogens is 1. The van der Waals surface area contributed by atoms with Gasteiger partial charge in [-0.15, -0.1) is 0 Å². The Morgan fingerprint density at radius 3 is 2.55 bits per heavy atom. The highest BCUT2D eigenvalue weighted by Crippen LogP contribution is 2.31. The maximum atomic E-state index is 5.67. The van der Waals surface area contributed by atoms with Crippen molar-refractivity contribution >= 4 is 15.9 Å². The Bertz CT molecular complexity index is 609. The van der Waals surface area contributed by atoms with Gasteiger partial charge in [-0.1, -0.05) is 39.0 Å². The molecule has 1 heterocycles. The summed E-state index contributed by atoms with van der Waals surface area (Å²) in [6, 6.07) is 6.61. The van der Waals surface area contributed by atoms with Gasteiger partial charge in [0, 0.05) is 17.7 Å². The highest BCUT2D eigenvalue weighted by Gasteiger charge is 2.17. The number of hydrogen-bond donors (Lipinski definition) is 2. The molecule has 20 heavy (non-hydrogen) atoms. The summed E-state index contributed by atoms with van der Waals surface area (Å²) in [7, 11) is 0. The molecule has 1 aromatic carbocycles. The molecule has 0 radical (unpaired) electrons. The van der Waals surface area contributed by atoms with E-state index in [4.69, 9.17) is 5.73 Å². The molecule has 0 aliphatic heterocycles. The Kier molecular flexibility index (Phi) is 4.35. The lowest BCUT2D eigenvalue weighted by molar-refractivity contribution is 0.590. The fourth-order valence-electron chi connectivity index (χ4n) is 2.32. The Hall–Kier alpha value is -1.13. The molecule has 0 unspecified atom stereocenters. The predicted octanol–water partition coefficient (Wildman–Crippen LogP) is 3.95. The van der Waals surface area contributed by atoms with E-state index < -0.39 is 0 Å². The summed E-state index contributed by atoms with van der Waals surface area (Å²) in [4.78, 5) is 7.80. The molecule has 3 nitrogen and oxygen atoms in total. The van der Waals surface area contributed by atoms with Crippen LogP contribution in [0.3, 0.4) is 0 Å². The summed E-state index contributed by atoms with van der Waals surface area (Å²) < 4.78 is 0.759. The van der Waals surface area contributed by atoms with Gasteiger partial charge in [-0.25, -0.2) is 4.98 Å². The van der Waals surface area contributed by atoms with E-state index in [0.717, 1.165) is 22.5 Å². The highest BCUT2D eigenvalue weighted by molar-refractivity contribution is 9.10. The second-order valence-electron chi connectivity index (χ2n) is 6.17. The third-order valence-corrected chi connectivity index (χ3v) is 3.87. The molecule has 1 aromatic heterocycles. The smallest absolute Gasteiger partial charge is 0.175 e. The number of rotatable bonds is 3. The molecule has 0 fully saturated rings. The molecule has 2 rings (SSSR count). The molecule has 0 saturated carbocycles. The number of hydrogen-bond acceptors (Lipinski definition) is 2. The van der Waals surface area contributed by atoms with Crippen LogP contribution in [0.2, 0.25) is 0 Å². The summed E-state index contributed by atoms with van der Waals surface area (Å²) >= 11 is 3.41. The first kappa shape index (κ1) is 15.3. The van der Waals surface area contributed by atoms with Crippen LogP contribution in [0.25, 0.3) is 11.3 Å². The van der Waals surface area contributed by atoms with Crippen molar-refractivity contribution in [3.05, 3.63) is 39.8 Å². The Morgan fingerprint density at radius 1 is 1.30 bits per heavy atom. The Morgan fingerprint density at radius 2 is 2.00 bits per heavy atom. The Labute approximate surface area is 129 Å². The second-order valence-corrected chi connectivity index (χ2v) is 6.92. The van der Waals surface area contributed by atoms with Gasteiger partial charge in [-0.05, 0) is 45.9 Å². The third-order valence-electron chi connectivity index (χ3n) is 3.49. The summed E-state index contributed by atoms with van der Waals surface area (Å²) in [6.45, 7) is 9.44. The van der Waals surface area contributed by atoms with E-state index in [0.29, 0.717) is 6.54 Å². The quantitative estimate of drug-likeness (QED) is 0.892. The Balaban J connectivity index is 2.48. The zero-order valence-corrected chi connectivity index (χ0v) is 14.1. The van der Waals surface area contributed by atoms with Gasteiger partial charge in [0.2, 0.25) is 0 Å². The molecule has 108 valence electrons. The molecule has 0 aliphatic carbocycles. The fourth-order valence-corrected chi connectivity index (χ4v) is 2.74. The van der Waals surface area contributed by atoms with E-state index in [2.05, 4.69) is 71.8 Å². The standard InChI is InChI=1S/C16H22BrN3/c1-10-9-11(16(2,3)4)5-6-12(10)14-13(7-8-18)19-15(17)20-14/h5-6,9H,7-8,18H2,1-4H3,(H,19,20). The summed E-state index contributed by atoms with van der Waals surface area (Å²) in [5.41, 5.74) is 11.7. The van der Waals surface area contributed by atoms with Crippen molar-refractivity contribution in [2.75, 3.05) is 6.54 Å². The van der Waals surface area contributed by atoms with E-state index in [1.165, 1.54) is 16.7 Å². The minimum Gasteiger partial charge on any atom is -0.336 e. The molecule has 0 atom stereocenters. The molecule has 0 saturated heterocycles. The molecule has 0 bridgehead atoms. The molecule has 0 aliphatic rings. The normalized spacial score (nSPS) is 11.9. The summed E-state index contributed by atoms with van der Waals surface area (Å²) in [5.74, 6) is 0. The number of nitrogens with two attached hydrogens (primary N) is 1. The average Bonchev–Trinajstić information content (AvgIpc) is 2.69. The molecule has 4 heteroatoms. The lowest BCUT2D eigenvalue weighted by Crippen LogP contribution is -2.11. The maximum Gasteiger partial charge on any atom is 0.175 e. The number of H-pyrrole nitrogens is 1. The van der Waals surface area contributed by atoms with Crippen LogP contribution in [0.1, 0.15) is 37.6 Å². The van der Waals surface area contributed by atoms with E-state index >= 15 is 0 Å². The van der Waals surface area contributed by atoms with Crippen molar-refractivity contribution in [2.24, 2.45) is 5.73 Å². The van der Waals surface area contributed by atoms with Crippen LogP contribution in [-0.2, 0) is 11.8 Å². The van der Waals surface area contributed by atoms with Crippen molar-refractivity contribution in [1.29, 1.82) is 0 Å². The summed E-state index contributed by atoms with van der Waals surface area (Å²) in [5, 5.41) is 0. The van der Waals surface area contributed by atoms with Gasteiger partial charge in [0.1, 0.15) is 0 Å². The van der Waals surface area contributed by atoms with Crippen LogP contribution in [0.4, 0.5) is 0 Å². The first-order valence-corrected chi connectivity index (χ1v) is 7.68. The van der Waals surface area contributed by atoms with Gasteiger partial charge in [0.15, 0.2) is 4.73 Å². The number of benzene rings is 1. The first-order valence-electron chi connectivity index (χ1n) is 6.89. The second kappa shape index (κ2) is 5.70. The van der Waals surface area contributed by atoms with Gasteiger partial charge < -0.3 is 10.7 Å². The van der Waals surface area contributed by atoms with Gasteiger partial charge in [-0.3, -0.25) is 0 Å². The number of aromatic nitrogens is 2. The molecular formula is C16H22BrN3. The van der Waals surface area contributed by atoms with Crippen LogP contribution in [0.5, 0.6) is 0 Å². The van der Waals surface area contributed by atoms with Crippen molar-refractivity contribution in [3.63, 3.8) is 0 Å². The lowest BCUT2D eigenvalue weighted by Gasteiger charge is -2.20. The maximum absolute atomic E-state index is 5.67. The van der Waals surface area contributed by atoms with Crippen molar-refractivity contribution < 1.29 is 0 Å². The number of nitrogens with zero attached hydrogens (tertiary/aromatic N) is 1. The van der Waals surface area contributed by atoms with Crippen LogP contribution in [0.15, 0.2) is 22.9 Å². The van der Waals surface area contributed by atoms with E-state index in [1.807, 2.05) is 0 Å². The third kappa shape index (κ3) is 3.13. The molecule has 0 amide bonds. The molecule has 0 spiro atoms. The van der Waals surface area contributed by atoms with Gasteiger partial charge >= 0.3 is 0 Å². The number of aryl methyl sites for hydroxylation is 1. The largest absolute Gasteiger partial charge is 0.336 e. The van der Waals surface area contributed by atoms with Crippen LogP contribution in [-0.4, -0.2) is 16.5 Å². The molecule has 3 N–H and O–H groups in total. The zero-order valence-electron chi connectivity index (χ0n) is 12.5. The average molecular weight is 336 g/mol. The lowest BCUT2D eigenvalue weighted by atomic mass is 9.85. The topological polar surface area (TPSA) is 54.7 Å². The molecule has 2 aromatic rings. The summed E-state index contributed by atoms with van der Waals surface area (Å²) in [6.07, 6.45) is 0.800. The van der Waals surface area contributed by atoms with E-state index in [9.17, 15) is 0 Å². The van der Waals surface area contributed by atoms with E-state index in [1.54, 1.807) is 0 Å². The van der Waals surface area contributed by atoms with Gasteiger partial charge in [0.05, 0.1) is 5.69 Å². The number of nitrogens with one attached hydrogen (secondary N) is 1. The van der Waals surface area contributed by atoms with Crippen molar-refractivity contribution in [2.45, 2.75) is 39.5 Å². The van der Waals surface area contributed by atoms with Gasteiger partial charge in [-0.2, -0.15) is 0 Å². The predicted molar refractivity (Wildman–Crippen MR) is 87.9 cm³/mol. The van der Waals surface area contributed by atoms with Crippen LogP contribution in [0, 0.1) is 6.92 Å². The monoisotopic (exact) mass is 335 g/mol. The van der Waals surface area contributed by atoms with Crippen molar-refractivity contribution in [1.82, 2.24) is 9.97 Å². The number of aromatic amines is 1. The minimum atomic E-state index is 0.162. The first-order chi connectivity index (χ1) is 9.32. The van der Waals surface area contributed by atoms with Crippen LogP contribution < -0.4 is 5.73 Å².